The number of rotatable bonds is 7. The van der Waals surface area contributed by atoms with Crippen LogP contribution in [0, 0.1) is 0 Å². The summed E-state index contributed by atoms with van der Waals surface area (Å²) in [4.78, 5) is 3.69. The van der Waals surface area contributed by atoms with Crippen LogP contribution in [0.3, 0.4) is 0 Å². The minimum absolute atomic E-state index is 0.0139. The van der Waals surface area contributed by atoms with Gasteiger partial charge in [0.05, 0.1) is 0 Å². The molecular formula is C12H22N2OS. The number of hydrogen-bond acceptors (Lipinski definition) is 4. The Morgan fingerprint density at radius 1 is 1.56 bits per heavy atom. The molecule has 1 unspecified atom stereocenters. The van der Waals surface area contributed by atoms with Crippen LogP contribution in [0.2, 0.25) is 0 Å². The Hall–Kier alpha value is -0.420. The Labute approximate surface area is 102 Å². The van der Waals surface area contributed by atoms with Crippen molar-refractivity contribution in [2.75, 3.05) is 27.3 Å². The van der Waals surface area contributed by atoms with Gasteiger partial charge in [-0.2, -0.15) is 0 Å². The maximum absolute atomic E-state index is 5.88. The number of hydrogen-bond donors (Lipinski definition) is 1. The van der Waals surface area contributed by atoms with Gasteiger partial charge in [-0.25, -0.2) is 0 Å². The Balaban J connectivity index is 2.57. The highest BCUT2D eigenvalue weighted by atomic mass is 32.1. The summed E-state index contributed by atoms with van der Waals surface area (Å²) in [6.45, 7) is 4.55. The van der Waals surface area contributed by atoms with Gasteiger partial charge in [-0.15, -0.1) is 11.3 Å². The molecule has 4 heteroatoms. The van der Waals surface area contributed by atoms with Crippen molar-refractivity contribution >= 4 is 11.3 Å². The highest BCUT2D eigenvalue weighted by Gasteiger charge is 2.27. The topological polar surface area (TPSA) is 38.5 Å². The van der Waals surface area contributed by atoms with Gasteiger partial charge in [-0.3, -0.25) is 4.90 Å². The van der Waals surface area contributed by atoms with Crippen LogP contribution in [0.25, 0.3) is 0 Å². The van der Waals surface area contributed by atoms with Crippen LogP contribution >= 0.6 is 11.3 Å². The Morgan fingerprint density at radius 3 is 2.81 bits per heavy atom. The average molecular weight is 242 g/mol. The second-order valence-corrected chi connectivity index (χ2v) is 5.41. The van der Waals surface area contributed by atoms with Gasteiger partial charge < -0.3 is 10.5 Å². The van der Waals surface area contributed by atoms with Crippen molar-refractivity contribution in [1.82, 2.24) is 4.90 Å². The van der Waals surface area contributed by atoms with Crippen LogP contribution in [-0.4, -0.2) is 37.7 Å². The van der Waals surface area contributed by atoms with Gasteiger partial charge in [-0.05, 0) is 31.8 Å². The van der Waals surface area contributed by atoms with E-state index in [1.165, 1.54) is 4.88 Å². The summed E-state index contributed by atoms with van der Waals surface area (Å²) < 4.78 is 5.15. The first-order chi connectivity index (χ1) is 7.62. The van der Waals surface area contributed by atoms with E-state index in [9.17, 15) is 0 Å². The molecule has 3 nitrogen and oxygen atoms in total. The van der Waals surface area contributed by atoms with Gasteiger partial charge in [-0.1, -0.05) is 6.07 Å². The summed E-state index contributed by atoms with van der Waals surface area (Å²) in [6, 6.07) is 4.25. The number of methoxy groups -OCH3 is 1. The number of nitrogens with two attached hydrogens (primary N) is 1. The smallest absolute Gasteiger partial charge is 0.0480 e. The maximum Gasteiger partial charge on any atom is 0.0480 e. The standard InChI is InChI=1S/C12H22N2OS/c1-12(10-13,6-7-15-3)14(2)9-11-5-4-8-16-11/h4-5,8H,6-7,9-10,13H2,1-3H3. The zero-order valence-electron chi connectivity index (χ0n) is 10.4. The van der Waals surface area contributed by atoms with Crippen molar-refractivity contribution in [1.29, 1.82) is 0 Å². The molecule has 0 fully saturated rings. The lowest BCUT2D eigenvalue weighted by Gasteiger charge is -2.37. The summed E-state index contributed by atoms with van der Waals surface area (Å²) >= 11 is 1.79. The molecule has 0 aromatic carbocycles. The lowest BCUT2D eigenvalue weighted by atomic mass is 9.96. The first kappa shape index (κ1) is 13.6. The Morgan fingerprint density at radius 2 is 2.31 bits per heavy atom. The van der Waals surface area contributed by atoms with E-state index in [-0.39, 0.29) is 5.54 Å². The second kappa shape index (κ2) is 6.35. The highest BCUT2D eigenvalue weighted by molar-refractivity contribution is 7.09. The molecule has 0 saturated carbocycles. The van der Waals surface area contributed by atoms with Crippen molar-refractivity contribution < 1.29 is 4.74 Å². The normalized spacial score (nSPS) is 15.3. The van der Waals surface area contributed by atoms with Gasteiger partial charge >= 0.3 is 0 Å². The van der Waals surface area contributed by atoms with Crippen LogP contribution < -0.4 is 5.73 Å². The molecular weight excluding hydrogens is 220 g/mol. The fourth-order valence-corrected chi connectivity index (χ4v) is 2.36. The van der Waals surface area contributed by atoms with Crippen LogP contribution in [0.1, 0.15) is 18.2 Å². The Bertz CT molecular complexity index is 289. The number of thiophene rings is 1. The fraction of sp³-hybridized carbons (Fsp3) is 0.667. The van der Waals surface area contributed by atoms with Crippen molar-refractivity contribution in [3.8, 4) is 0 Å². The van der Waals surface area contributed by atoms with Gasteiger partial charge in [0.25, 0.3) is 0 Å². The molecule has 16 heavy (non-hydrogen) atoms. The van der Waals surface area contributed by atoms with Crippen molar-refractivity contribution in [3.05, 3.63) is 22.4 Å². The number of ether oxygens (including phenoxy) is 1. The second-order valence-electron chi connectivity index (χ2n) is 4.38. The van der Waals surface area contributed by atoms with E-state index in [4.69, 9.17) is 10.5 Å². The molecule has 0 aliphatic carbocycles. The van der Waals surface area contributed by atoms with Gasteiger partial charge in [0.1, 0.15) is 0 Å². The molecule has 0 aliphatic rings. The van der Waals surface area contributed by atoms with Gasteiger partial charge in [0.2, 0.25) is 0 Å². The summed E-state index contributed by atoms with van der Waals surface area (Å²) in [7, 11) is 3.86. The van der Waals surface area contributed by atoms with E-state index in [1.807, 2.05) is 0 Å². The first-order valence-corrected chi connectivity index (χ1v) is 6.43. The lowest BCUT2D eigenvalue weighted by Crippen LogP contribution is -2.49. The third-order valence-electron chi connectivity index (χ3n) is 3.18. The molecule has 0 bridgehead atoms. The summed E-state index contributed by atoms with van der Waals surface area (Å²) in [5, 5.41) is 2.11. The molecule has 0 spiro atoms. The van der Waals surface area contributed by atoms with Gasteiger partial charge in [0, 0.05) is 37.2 Å². The fourth-order valence-electron chi connectivity index (χ4n) is 1.60. The van der Waals surface area contributed by atoms with Crippen LogP contribution in [0.5, 0.6) is 0 Å². The van der Waals surface area contributed by atoms with E-state index in [2.05, 4.69) is 36.4 Å². The Kier molecular flexibility index (Phi) is 5.41. The largest absolute Gasteiger partial charge is 0.385 e. The van der Waals surface area contributed by atoms with Crippen molar-refractivity contribution in [3.63, 3.8) is 0 Å². The molecule has 0 aliphatic heterocycles. The molecule has 2 N–H and O–H groups in total. The third-order valence-corrected chi connectivity index (χ3v) is 4.04. The van der Waals surface area contributed by atoms with Gasteiger partial charge in [0.15, 0.2) is 0 Å². The highest BCUT2D eigenvalue weighted by Crippen LogP contribution is 2.21. The van der Waals surface area contributed by atoms with Crippen molar-refractivity contribution in [2.45, 2.75) is 25.4 Å². The summed E-state index contributed by atoms with van der Waals surface area (Å²) in [5.74, 6) is 0. The van der Waals surface area contributed by atoms with Crippen LogP contribution in [0.15, 0.2) is 17.5 Å². The minimum atomic E-state index is 0.0139. The predicted molar refractivity (Wildman–Crippen MR) is 69.7 cm³/mol. The van der Waals surface area contributed by atoms with E-state index in [0.29, 0.717) is 6.54 Å². The zero-order valence-corrected chi connectivity index (χ0v) is 11.2. The van der Waals surface area contributed by atoms with E-state index < -0.39 is 0 Å². The number of likely N-dealkylation sites (N-methyl/N-ethyl adjacent to an activating group) is 1. The van der Waals surface area contributed by atoms with E-state index >= 15 is 0 Å². The summed E-state index contributed by atoms with van der Waals surface area (Å²) in [6.07, 6.45) is 0.960. The molecule has 1 aromatic heterocycles. The maximum atomic E-state index is 5.88. The molecule has 92 valence electrons. The third kappa shape index (κ3) is 3.56. The molecule has 0 radical (unpaired) electrons. The van der Waals surface area contributed by atoms with Crippen LogP contribution in [-0.2, 0) is 11.3 Å². The molecule has 1 heterocycles. The van der Waals surface area contributed by atoms with Crippen LogP contribution in [0.4, 0.5) is 0 Å². The minimum Gasteiger partial charge on any atom is -0.385 e. The lowest BCUT2D eigenvalue weighted by molar-refractivity contribution is 0.0846. The quantitative estimate of drug-likeness (QED) is 0.794. The molecule has 1 atom stereocenters. The zero-order chi connectivity index (χ0) is 12.0. The number of nitrogens with zero attached hydrogens (tertiary/aromatic N) is 1. The molecule has 1 rings (SSSR count). The van der Waals surface area contributed by atoms with E-state index in [0.717, 1.165) is 19.6 Å². The molecule has 0 saturated heterocycles. The monoisotopic (exact) mass is 242 g/mol. The summed E-state index contributed by atoms with van der Waals surface area (Å²) in [5.41, 5.74) is 5.90. The average Bonchev–Trinajstić information content (AvgIpc) is 2.78. The van der Waals surface area contributed by atoms with Crippen molar-refractivity contribution in [2.24, 2.45) is 5.73 Å². The predicted octanol–water partition coefficient (Wildman–Crippen LogP) is 1.93. The molecule has 1 aromatic rings. The SMILES string of the molecule is COCCC(C)(CN)N(C)Cc1cccs1. The first-order valence-electron chi connectivity index (χ1n) is 5.55. The molecule has 0 amide bonds. The van der Waals surface area contributed by atoms with E-state index in [1.54, 1.807) is 18.4 Å².